The number of nitrogens with zero attached hydrogens (tertiary/aromatic N) is 1. The summed E-state index contributed by atoms with van der Waals surface area (Å²) >= 11 is -3.30. The van der Waals surface area contributed by atoms with E-state index in [1.807, 2.05) is 0 Å². The maximum Gasteiger partial charge on any atom is 0.537 e. The second-order valence-electron chi connectivity index (χ2n) is 2.11. The van der Waals surface area contributed by atoms with Crippen LogP contribution in [-0.2, 0) is 29.4 Å². The van der Waals surface area contributed by atoms with E-state index in [2.05, 4.69) is 8.47 Å². The lowest BCUT2D eigenvalue weighted by Crippen LogP contribution is -2.32. The smallest absolute Gasteiger partial charge is 0.267 e. The number of rotatable bonds is 3. The summed E-state index contributed by atoms with van der Waals surface area (Å²) in [4.78, 5) is 21.4. The lowest BCUT2D eigenvalue weighted by Gasteiger charge is -2.11. The number of amides is 2. The molecule has 10 heteroatoms. The van der Waals surface area contributed by atoms with Crippen LogP contribution >= 0.6 is 0 Å². The summed E-state index contributed by atoms with van der Waals surface area (Å²) in [6.07, 6.45) is -3.70. The molecule has 0 aromatic carbocycles. The average Bonchev–Trinajstić information content (AvgIpc) is 2.32. The number of imide groups is 1. The highest BCUT2D eigenvalue weighted by Gasteiger charge is 2.36. The van der Waals surface area contributed by atoms with Gasteiger partial charge in [0.1, 0.15) is 0 Å². The van der Waals surface area contributed by atoms with Gasteiger partial charge >= 0.3 is 17.7 Å². The third kappa shape index (κ3) is 3.42. The van der Waals surface area contributed by atoms with E-state index in [-0.39, 0.29) is 5.06 Å². The molecular weight excluding hydrogens is 243 g/mol. The zero-order chi connectivity index (χ0) is 11.6. The first-order valence-electron chi connectivity index (χ1n) is 3.22. The van der Waals surface area contributed by atoms with E-state index in [0.29, 0.717) is 0 Å². The van der Waals surface area contributed by atoms with Crippen molar-refractivity contribution < 1.29 is 35.4 Å². The molecule has 0 N–H and O–H groups in total. The van der Waals surface area contributed by atoms with E-state index in [9.17, 15) is 27.0 Å². The van der Waals surface area contributed by atoms with Crippen LogP contribution in [0.3, 0.4) is 0 Å². The average molecular weight is 245 g/mol. The van der Waals surface area contributed by atoms with E-state index in [4.69, 9.17) is 0 Å². The van der Waals surface area contributed by atoms with Crippen molar-refractivity contribution >= 4 is 23.2 Å². The van der Waals surface area contributed by atoms with Crippen LogP contribution in [0.4, 0.5) is 13.2 Å². The van der Waals surface area contributed by atoms with Crippen molar-refractivity contribution in [3.05, 3.63) is 12.2 Å². The van der Waals surface area contributed by atoms with Crippen molar-refractivity contribution in [3.63, 3.8) is 0 Å². The number of hydrogen-bond donors (Lipinski definition) is 0. The molecule has 1 heterocycles. The molecule has 0 bridgehead atoms. The molecule has 0 aromatic heterocycles. The van der Waals surface area contributed by atoms with E-state index in [1.165, 1.54) is 0 Å². The van der Waals surface area contributed by atoms with E-state index < -0.39 is 29.5 Å². The number of halogens is 3. The van der Waals surface area contributed by atoms with E-state index in [1.54, 1.807) is 0 Å². The van der Waals surface area contributed by atoms with Gasteiger partial charge in [0.25, 0.3) is 11.8 Å². The van der Waals surface area contributed by atoms with Gasteiger partial charge in [-0.15, -0.1) is 22.5 Å². The lowest BCUT2D eigenvalue weighted by molar-refractivity contribution is -0.275. The first-order valence-corrected chi connectivity index (χ1v) is 4.22. The fraction of sp³-hybridized carbons (Fsp3) is 0.200. The minimum Gasteiger partial charge on any atom is -0.267 e. The molecule has 1 atom stereocenters. The minimum atomic E-state index is -5.19. The number of carbonyl (C=O) groups is 2. The predicted octanol–water partition coefficient (Wildman–Crippen LogP) is -0.0419. The summed E-state index contributed by atoms with van der Waals surface area (Å²) in [6.45, 7) is 0. The Morgan fingerprint density at radius 1 is 1.20 bits per heavy atom. The topological polar surface area (TPSA) is 72.9 Å². The van der Waals surface area contributed by atoms with Crippen LogP contribution in [0.5, 0.6) is 0 Å². The van der Waals surface area contributed by atoms with Crippen LogP contribution in [-0.4, -0.2) is 27.4 Å². The number of hydroxylamine groups is 2. The predicted molar refractivity (Wildman–Crippen MR) is 37.4 cm³/mol. The van der Waals surface area contributed by atoms with Gasteiger partial charge in [0.05, 0.1) is 0 Å². The first-order chi connectivity index (χ1) is 6.79. The van der Waals surface area contributed by atoms with Gasteiger partial charge in [0.15, 0.2) is 0 Å². The molecular formula is C5H2F3NO5S. The highest BCUT2D eigenvalue weighted by molar-refractivity contribution is 7.75. The molecule has 0 saturated heterocycles. The molecule has 0 saturated carbocycles. The monoisotopic (exact) mass is 245 g/mol. The molecule has 0 aromatic rings. The van der Waals surface area contributed by atoms with Gasteiger partial charge in [-0.25, -0.2) is 0 Å². The Balaban J connectivity index is 2.53. The Morgan fingerprint density at radius 3 is 2.07 bits per heavy atom. The second kappa shape index (κ2) is 4.08. The fourth-order valence-corrected chi connectivity index (χ4v) is 1.07. The second-order valence-corrected chi connectivity index (χ2v) is 2.84. The van der Waals surface area contributed by atoms with Crippen molar-refractivity contribution in [1.82, 2.24) is 5.06 Å². The van der Waals surface area contributed by atoms with Crippen LogP contribution in [0.1, 0.15) is 0 Å². The maximum absolute atomic E-state index is 11.5. The molecule has 0 radical (unpaired) electrons. The van der Waals surface area contributed by atoms with Crippen LogP contribution in [0.15, 0.2) is 12.2 Å². The highest BCUT2D eigenvalue weighted by atomic mass is 32.2. The fourth-order valence-electron chi connectivity index (χ4n) is 0.613. The zero-order valence-corrected chi connectivity index (χ0v) is 7.50. The minimum absolute atomic E-state index is 0.109. The third-order valence-electron chi connectivity index (χ3n) is 1.07. The summed E-state index contributed by atoms with van der Waals surface area (Å²) < 4.78 is 51.6. The molecule has 84 valence electrons. The van der Waals surface area contributed by atoms with Crippen molar-refractivity contribution in [1.29, 1.82) is 0 Å². The summed E-state index contributed by atoms with van der Waals surface area (Å²) in [5.41, 5.74) is 0. The first kappa shape index (κ1) is 11.8. The van der Waals surface area contributed by atoms with E-state index in [0.717, 1.165) is 12.2 Å². The summed E-state index contributed by atoms with van der Waals surface area (Å²) in [6, 6.07) is 0. The zero-order valence-electron chi connectivity index (χ0n) is 6.69. The van der Waals surface area contributed by atoms with E-state index >= 15 is 0 Å². The molecule has 15 heavy (non-hydrogen) atoms. The van der Waals surface area contributed by atoms with Crippen LogP contribution < -0.4 is 0 Å². The molecule has 0 aliphatic carbocycles. The molecule has 1 aliphatic rings. The van der Waals surface area contributed by atoms with Crippen LogP contribution in [0, 0.1) is 0 Å². The van der Waals surface area contributed by atoms with Crippen molar-refractivity contribution in [2.45, 2.75) is 6.36 Å². The Kier molecular flexibility index (Phi) is 3.21. The van der Waals surface area contributed by atoms with Crippen molar-refractivity contribution in [2.75, 3.05) is 0 Å². The van der Waals surface area contributed by atoms with Gasteiger partial charge in [-0.2, -0.15) is 8.39 Å². The number of alkyl halides is 3. The molecule has 1 aliphatic heterocycles. The summed E-state index contributed by atoms with van der Waals surface area (Å²) in [7, 11) is 0. The van der Waals surface area contributed by atoms with Crippen LogP contribution in [0.25, 0.3) is 0 Å². The van der Waals surface area contributed by atoms with Crippen molar-refractivity contribution in [2.24, 2.45) is 0 Å². The van der Waals surface area contributed by atoms with Gasteiger partial charge in [-0.3, -0.25) is 9.59 Å². The molecule has 6 nitrogen and oxygen atoms in total. The molecule has 0 spiro atoms. The Hall–Kier alpha value is -1.26. The summed E-state index contributed by atoms with van der Waals surface area (Å²) in [5, 5.41) is -0.109. The lowest BCUT2D eigenvalue weighted by atomic mass is 10.6. The van der Waals surface area contributed by atoms with Gasteiger partial charge in [-0.1, -0.05) is 0 Å². The quantitative estimate of drug-likeness (QED) is 0.652. The van der Waals surface area contributed by atoms with Crippen LogP contribution in [0.2, 0.25) is 0 Å². The largest absolute Gasteiger partial charge is 0.537 e. The van der Waals surface area contributed by atoms with Gasteiger partial charge < -0.3 is 0 Å². The molecule has 1 unspecified atom stereocenters. The molecule has 0 fully saturated rings. The maximum atomic E-state index is 11.5. The van der Waals surface area contributed by atoms with Gasteiger partial charge in [-0.05, 0) is 0 Å². The molecule has 1 rings (SSSR count). The molecule has 2 amide bonds. The number of hydrogen-bond acceptors (Lipinski definition) is 5. The number of carbonyl (C=O) groups excluding carboxylic acids is 2. The van der Waals surface area contributed by atoms with Gasteiger partial charge in [0.2, 0.25) is 0 Å². The highest BCUT2D eigenvalue weighted by Crippen LogP contribution is 2.19. The third-order valence-corrected chi connectivity index (χ3v) is 1.66. The Morgan fingerprint density at radius 2 is 1.67 bits per heavy atom. The summed E-state index contributed by atoms with van der Waals surface area (Å²) in [5.74, 6) is -2.08. The standard InChI is InChI=1S/C5H2F3NO5S/c6-5(7,8)13-15(12)14-9-3(10)1-2-4(9)11/h1-2H. The van der Waals surface area contributed by atoms with Gasteiger partial charge in [0, 0.05) is 12.2 Å². The Labute approximate surface area is 83.1 Å². The van der Waals surface area contributed by atoms with Crippen molar-refractivity contribution in [3.8, 4) is 0 Å². The normalized spacial score (nSPS) is 18.7. The SMILES string of the molecule is O=C1C=CC(=O)N1OS(=O)OC(F)(F)F. The Bertz CT molecular complexity index is 333.